The second-order valence-electron chi connectivity index (χ2n) is 6.60. The molecule has 2 amide bonds. The Morgan fingerprint density at radius 2 is 1.86 bits per heavy atom. The molecule has 3 rings (SSSR count). The van der Waals surface area contributed by atoms with Crippen molar-refractivity contribution in [3.8, 4) is 0 Å². The number of nitrogens with one attached hydrogen (secondary N) is 1. The van der Waals surface area contributed by atoms with Gasteiger partial charge >= 0.3 is 6.03 Å². The van der Waals surface area contributed by atoms with Crippen LogP contribution in [-0.4, -0.2) is 35.7 Å². The molecular formula is C17H23FN2O2. The van der Waals surface area contributed by atoms with Crippen LogP contribution in [0.1, 0.15) is 37.3 Å². The highest BCUT2D eigenvalue weighted by atomic mass is 19.1. The number of aliphatic hydroxyl groups excluding tert-OH is 1. The molecule has 2 fully saturated rings. The topological polar surface area (TPSA) is 52.6 Å². The highest BCUT2D eigenvalue weighted by molar-refractivity contribution is 5.74. The fraction of sp³-hybridized carbons (Fsp3) is 0.588. The molecule has 0 heterocycles. The van der Waals surface area contributed by atoms with Gasteiger partial charge in [0, 0.05) is 13.6 Å². The van der Waals surface area contributed by atoms with Crippen LogP contribution in [0.5, 0.6) is 0 Å². The second-order valence-corrected chi connectivity index (χ2v) is 6.60. The Bertz CT molecular complexity index is 526. The van der Waals surface area contributed by atoms with E-state index in [2.05, 4.69) is 5.32 Å². The van der Waals surface area contributed by atoms with Gasteiger partial charge in [-0.3, -0.25) is 0 Å². The van der Waals surface area contributed by atoms with Crippen molar-refractivity contribution in [3.05, 3.63) is 35.6 Å². The third-order valence-corrected chi connectivity index (χ3v) is 4.58. The van der Waals surface area contributed by atoms with Crippen molar-refractivity contribution in [1.29, 1.82) is 0 Å². The maximum atomic E-state index is 13.1. The molecule has 2 saturated carbocycles. The van der Waals surface area contributed by atoms with Crippen LogP contribution >= 0.6 is 0 Å². The zero-order valence-corrected chi connectivity index (χ0v) is 12.8. The molecule has 1 aromatic rings. The third kappa shape index (κ3) is 3.77. The first kappa shape index (κ1) is 15.3. The van der Waals surface area contributed by atoms with Crippen molar-refractivity contribution in [1.82, 2.24) is 10.2 Å². The molecule has 4 nitrogen and oxygen atoms in total. The minimum Gasteiger partial charge on any atom is -0.391 e. The van der Waals surface area contributed by atoms with Crippen LogP contribution in [0.3, 0.4) is 0 Å². The molecule has 2 atom stereocenters. The van der Waals surface area contributed by atoms with Gasteiger partial charge in [0.15, 0.2) is 0 Å². The summed E-state index contributed by atoms with van der Waals surface area (Å²) in [5.41, 5.74) is 0.938. The SMILES string of the molecule is CN(C[C@@H](O)C1CC1)C(=O)N[C@H](c1ccc(F)cc1)C1CC1. The summed E-state index contributed by atoms with van der Waals surface area (Å²) >= 11 is 0. The summed E-state index contributed by atoms with van der Waals surface area (Å²) in [4.78, 5) is 13.9. The maximum absolute atomic E-state index is 13.1. The highest BCUT2D eigenvalue weighted by Crippen LogP contribution is 2.41. The summed E-state index contributed by atoms with van der Waals surface area (Å²) in [6.07, 6.45) is 3.84. The van der Waals surface area contributed by atoms with Crippen LogP contribution in [0, 0.1) is 17.7 Å². The molecule has 22 heavy (non-hydrogen) atoms. The normalized spacial score (nSPS) is 20.3. The van der Waals surface area contributed by atoms with Gasteiger partial charge in [0.25, 0.3) is 0 Å². The lowest BCUT2D eigenvalue weighted by Crippen LogP contribution is -2.43. The molecule has 2 aliphatic rings. The lowest BCUT2D eigenvalue weighted by molar-refractivity contribution is 0.112. The Kier molecular flexibility index (Phi) is 4.34. The Hall–Kier alpha value is -1.62. The van der Waals surface area contributed by atoms with Gasteiger partial charge in [-0.2, -0.15) is 0 Å². The highest BCUT2D eigenvalue weighted by Gasteiger charge is 2.35. The van der Waals surface area contributed by atoms with E-state index < -0.39 is 6.10 Å². The van der Waals surface area contributed by atoms with E-state index in [0.29, 0.717) is 18.4 Å². The third-order valence-electron chi connectivity index (χ3n) is 4.58. The monoisotopic (exact) mass is 306 g/mol. The minimum atomic E-state index is -0.430. The number of amides is 2. The smallest absolute Gasteiger partial charge is 0.317 e. The molecule has 2 N–H and O–H groups in total. The number of rotatable bonds is 6. The molecule has 120 valence electrons. The largest absolute Gasteiger partial charge is 0.391 e. The lowest BCUT2D eigenvalue weighted by Gasteiger charge is -2.25. The number of carbonyl (C=O) groups excluding carboxylic acids is 1. The number of carbonyl (C=O) groups is 1. The molecule has 0 saturated heterocycles. The Balaban J connectivity index is 1.60. The molecule has 0 bridgehead atoms. The summed E-state index contributed by atoms with van der Waals surface area (Å²) in [5, 5.41) is 13.0. The number of nitrogens with zero attached hydrogens (tertiary/aromatic N) is 1. The molecule has 0 aliphatic heterocycles. The van der Waals surface area contributed by atoms with Gasteiger partial charge in [-0.1, -0.05) is 12.1 Å². The van der Waals surface area contributed by atoms with E-state index >= 15 is 0 Å². The summed E-state index contributed by atoms with van der Waals surface area (Å²) in [5.74, 6) is 0.511. The van der Waals surface area contributed by atoms with E-state index in [1.165, 1.54) is 12.1 Å². The van der Waals surface area contributed by atoms with Crippen LogP contribution in [-0.2, 0) is 0 Å². The predicted molar refractivity (Wildman–Crippen MR) is 81.8 cm³/mol. The van der Waals surface area contributed by atoms with Crippen molar-refractivity contribution < 1.29 is 14.3 Å². The molecule has 2 aliphatic carbocycles. The summed E-state index contributed by atoms with van der Waals surface area (Å²) in [6.45, 7) is 0.358. The van der Waals surface area contributed by atoms with E-state index in [4.69, 9.17) is 0 Å². The number of likely N-dealkylation sites (N-methyl/N-ethyl adjacent to an activating group) is 1. The summed E-state index contributed by atoms with van der Waals surface area (Å²) < 4.78 is 13.1. The van der Waals surface area contributed by atoms with Crippen LogP contribution in [0.25, 0.3) is 0 Å². The first-order valence-electron chi connectivity index (χ1n) is 7.99. The van der Waals surface area contributed by atoms with Crippen molar-refractivity contribution in [3.63, 3.8) is 0 Å². The summed E-state index contributed by atoms with van der Waals surface area (Å²) in [7, 11) is 1.70. The molecule has 0 spiro atoms. The summed E-state index contributed by atoms with van der Waals surface area (Å²) in [6, 6.07) is 6.07. The van der Waals surface area contributed by atoms with Gasteiger partial charge in [-0.25, -0.2) is 9.18 Å². The van der Waals surface area contributed by atoms with Crippen LogP contribution in [0.15, 0.2) is 24.3 Å². The number of hydrogen-bond acceptors (Lipinski definition) is 2. The zero-order valence-electron chi connectivity index (χ0n) is 12.8. The molecule has 5 heteroatoms. The van der Waals surface area contributed by atoms with Crippen molar-refractivity contribution in [2.45, 2.75) is 37.8 Å². The van der Waals surface area contributed by atoms with Crippen molar-refractivity contribution in [2.24, 2.45) is 11.8 Å². The molecule has 1 aromatic carbocycles. The van der Waals surface area contributed by atoms with Gasteiger partial charge in [-0.05, 0) is 55.2 Å². The van der Waals surface area contributed by atoms with Gasteiger partial charge in [-0.15, -0.1) is 0 Å². The fourth-order valence-electron chi connectivity index (χ4n) is 2.81. The van der Waals surface area contributed by atoms with Gasteiger partial charge in [0.2, 0.25) is 0 Å². The molecule has 0 aromatic heterocycles. The number of hydrogen-bond donors (Lipinski definition) is 2. The lowest BCUT2D eigenvalue weighted by atomic mass is 10.0. The number of halogens is 1. The number of benzene rings is 1. The van der Waals surface area contributed by atoms with Gasteiger partial charge in [0.1, 0.15) is 5.82 Å². The van der Waals surface area contributed by atoms with Crippen LogP contribution in [0.4, 0.5) is 9.18 Å². The predicted octanol–water partition coefficient (Wildman–Crippen LogP) is 2.69. The van der Waals surface area contributed by atoms with Gasteiger partial charge < -0.3 is 15.3 Å². The van der Waals surface area contributed by atoms with Crippen molar-refractivity contribution >= 4 is 6.03 Å². The number of aliphatic hydroxyl groups is 1. The van der Waals surface area contributed by atoms with Gasteiger partial charge in [0.05, 0.1) is 12.1 Å². The van der Waals surface area contributed by atoms with E-state index in [-0.39, 0.29) is 17.9 Å². The molecule has 0 radical (unpaired) electrons. The van der Waals surface area contributed by atoms with Crippen LogP contribution < -0.4 is 5.32 Å². The quantitative estimate of drug-likeness (QED) is 0.849. The van der Waals surface area contributed by atoms with E-state index in [9.17, 15) is 14.3 Å². The first-order chi connectivity index (χ1) is 10.5. The van der Waals surface area contributed by atoms with Crippen LogP contribution in [0.2, 0.25) is 0 Å². The number of urea groups is 1. The molecular weight excluding hydrogens is 283 g/mol. The minimum absolute atomic E-state index is 0.0754. The average Bonchev–Trinajstić information content (AvgIpc) is 3.38. The standard InChI is InChI=1S/C17H23FN2O2/c1-20(10-15(21)11-2-3-11)17(22)19-16(12-4-5-12)13-6-8-14(18)9-7-13/h6-9,11-12,15-16,21H,2-5,10H2,1H3,(H,19,22)/t15-,16+/m1/s1. The second kappa shape index (κ2) is 6.24. The molecule has 0 unspecified atom stereocenters. The Labute approximate surface area is 130 Å². The van der Waals surface area contributed by atoms with E-state index in [0.717, 1.165) is 31.2 Å². The average molecular weight is 306 g/mol. The van der Waals surface area contributed by atoms with E-state index in [1.807, 2.05) is 0 Å². The maximum Gasteiger partial charge on any atom is 0.317 e. The Morgan fingerprint density at radius 1 is 1.27 bits per heavy atom. The first-order valence-corrected chi connectivity index (χ1v) is 7.99. The Morgan fingerprint density at radius 3 is 2.41 bits per heavy atom. The van der Waals surface area contributed by atoms with Crippen molar-refractivity contribution in [2.75, 3.05) is 13.6 Å². The fourth-order valence-corrected chi connectivity index (χ4v) is 2.81. The van der Waals surface area contributed by atoms with E-state index in [1.54, 1.807) is 24.1 Å². The zero-order chi connectivity index (χ0) is 15.7.